The standard InChI is InChI=1S/C15H19N5/c1-3-8-20-14-7-5-4-6-13(14)18-15(20)16-9-12-10-17-19-11(12)2/h4-7,10H,3,8-9H2,1-2H3,(H,16,18)(H,17,19). The Kier molecular flexibility index (Phi) is 3.41. The van der Waals surface area contributed by atoms with Crippen LogP contribution in [0.4, 0.5) is 5.95 Å². The van der Waals surface area contributed by atoms with Gasteiger partial charge in [0.25, 0.3) is 0 Å². The Morgan fingerprint density at radius 1 is 1.30 bits per heavy atom. The Hall–Kier alpha value is -2.30. The molecule has 0 saturated carbocycles. The van der Waals surface area contributed by atoms with Crippen LogP contribution in [0.1, 0.15) is 24.6 Å². The van der Waals surface area contributed by atoms with E-state index in [-0.39, 0.29) is 0 Å². The maximum absolute atomic E-state index is 4.68. The lowest BCUT2D eigenvalue weighted by Gasteiger charge is -2.09. The lowest BCUT2D eigenvalue weighted by atomic mass is 10.3. The highest BCUT2D eigenvalue weighted by atomic mass is 15.2. The van der Waals surface area contributed by atoms with Gasteiger partial charge in [-0.05, 0) is 25.5 Å². The molecule has 0 atom stereocenters. The summed E-state index contributed by atoms with van der Waals surface area (Å²) in [7, 11) is 0. The fraction of sp³-hybridized carbons (Fsp3) is 0.333. The average Bonchev–Trinajstić information content (AvgIpc) is 3.02. The first-order valence-electron chi connectivity index (χ1n) is 6.97. The normalized spacial score (nSPS) is 11.1. The van der Waals surface area contributed by atoms with Crippen LogP contribution in [0.2, 0.25) is 0 Å². The molecule has 5 nitrogen and oxygen atoms in total. The van der Waals surface area contributed by atoms with E-state index in [9.17, 15) is 0 Å². The van der Waals surface area contributed by atoms with Crippen molar-refractivity contribution in [1.29, 1.82) is 0 Å². The molecule has 0 fully saturated rings. The van der Waals surface area contributed by atoms with Crippen LogP contribution in [0.3, 0.4) is 0 Å². The van der Waals surface area contributed by atoms with E-state index in [1.807, 2.05) is 19.2 Å². The highest BCUT2D eigenvalue weighted by Gasteiger charge is 2.10. The van der Waals surface area contributed by atoms with Crippen molar-refractivity contribution in [3.8, 4) is 0 Å². The number of benzene rings is 1. The molecule has 0 aliphatic heterocycles. The minimum absolute atomic E-state index is 0.732. The molecule has 0 aliphatic rings. The number of H-pyrrole nitrogens is 1. The molecule has 20 heavy (non-hydrogen) atoms. The number of aromatic nitrogens is 4. The number of hydrogen-bond donors (Lipinski definition) is 2. The van der Waals surface area contributed by atoms with Gasteiger partial charge in [0.1, 0.15) is 0 Å². The van der Waals surface area contributed by atoms with Crippen LogP contribution in [0.25, 0.3) is 11.0 Å². The van der Waals surface area contributed by atoms with Gasteiger partial charge in [-0.2, -0.15) is 5.10 Å². The Morgan fingerprint density at radius 2 is 2.15 bits per heavy atom. The molecular formula is C15H19N5. The molecule has 0 aliphatic carbocycles. The van der Waals surface area contributed by atoms with Crippen LogP contribution in [0.15, 0.2) is 30.5 Å². The molecule has 2 heterocycles. The molecule has 104 valence electrons. The summed E-state index contributed by atoms with van der Waals surface area (Å²) in [6.45, 7) is 5.90. The summed E-state index contributed by atoms with van der Waals surface area (Å²) >= 11 is 0. The van der Waals surface area contributed by atoms with Crippen molar-refractivity contribution in [3.63, 3.8) is 0 Å². The molecule has 3 rings (SSSR count). The first-order chi connectivity index (χ1) is 9.79. The number of imidazole rings is 1. The van der Waals surface area contributed by atoms with E-state index in [1.165, 1.54) is 11.1 Å². The lowest BCUT2D eigenvalue weighted by Crippen LogP contribution is -2.07. The van der Waals surface area contributed by atoms with E-state index < -0.39 is 0 Å². The third kappa shape index (κ3) is 2.27. The van der Waals surface area contributed by atoms with E-state index in [1.54, 1.807) is 0 Å². The van der Waals surface area contributed by atoms with Crippen LogP contribution < -0.4 is 5.32 Å². The lowest BCUT2D eigenvalue weighted by molar-refractivity contribution is 0.700. The molecule has 2 N–H and O–H groups in total. The van der Waals surface area contributed by atoms with Gasteiger partial charge in [0.05, 0.1) is 17.2 Å². The van der Waals surface area contributed by atoms with Gasteiger partial charge in [0, 0.05) is 24.3 Å². The summed E-state index contributed by atoms with van der Waals surface area (Å²) in [4.78, 5) is 4.68. The van der Waals surface area contributed by atoms with Gasteiger partial charge >= 0.3 is 0 Å². The molecule has 0 unspecified atom stereocenters. The number of aromatic amines is 1. The van der Waals surface area contributed by atoms with E-state index >= 15 is 0 Å². The molecule has 0 bridgehead atoms. The summed E-state index contributed by atoms with van der Waals surface area (Å²) in [5.41, 5.74) is 4.48. The van der Waals surface area contributed by atoms with E-state index in [2.05, 4.69) is 50.2 Å². The third-order valence-corrected chi connectivity index (χ3v) is 3.47. The molecule has 0 spiro atoms. The molecule has 2 aromatic heterocycles. The van der Waals surface area contributed by atoms with Gasteiger partial charge in [0.2, 0.25) is 5.95 Å². The largest absolute Gasteiger partial charge is 0.351 e. The maximum atomic E-state index is 4.68. The number of nitrogens with one attached hydrogen (secondary N) is 2. The Labute approximate surface area is 118 Å². The zero-order valence-corrected chi connectivity index (χ0v) is 11.8. The van der Waals surface area contributed by atoms with Crippen LogP contribution in [-0.4, -0.2) is 19.7 Å². The molecule has 3 aromatic rings. The zero-order chi connectivity index (χ0) is 13.9. The van der Waals surface area contributed by atoms with E-state index in [4.69, 9.17) is 0 Å². The molecular weight excluding hydrogens is 250 g/mol. The van der Waals surface area contributed by atoms with Crippen molar-refractivity contribution in [2.24, 2.45) is 0 Å². The van der Waals surface area contributed by atoms with Crippen LogP contribution in [-0.2, 0) is 13.1 Å². The Morgan fingerprint density at radius 3 is 2.90 bits per heavy atom. The second-order valence-corrected chi connectivity index (χ2v) is 4.95. The molecule has 0 saturated heterocycles. The monoisotopic (exact) mass is 269 g/mol. The second kappa shape index (κ2) is 5.36. The van der Waals surface area contributed by atoms with Crippen molar-refractivity contribution >= 4 is 17.0 Å². The van der Waals surface area contributed by atoms with Crippen molar-refractivity contribution in [2.75, 3.05) is 5.32 Å². The smallest absolute Gasteiger partial charge is 0.204 e. The number of rotatable bonds is 5. The fourth-order valence-electron chi connectivity index (χ4n) is 2.39. The van der Waals surface area contributed by atoms with Crippen molar-refractivity contribution in [2.45, 2.75) is 33.4 Å². The predicted molar refractivity (Wildman–Crippen MR) is 80.7 cm³/mol. The van der Waals surface area contributed by atoms with Gasteiger partial charge in [-0.25, -0.2) is 4.98 Å². The average molecular weight is 269 g/mol. The van der Waals surface area contributed by atoms with E-state index in [0.717, 1.165) is 36.7 Å². The summed E-state index contributed by atoms with van der Waals surface area (Å²) in [5.74, 6) is 0.925. The molecule has 1 aromatic carbocycles. The number of aryl methyl sites for hydroxylation is 2. The summed E-state index contributed by atoms with van der Waals surface area (Å²) in [6, 6.07) is 8.25. The van der Waals surface area contributed by atoms with Gasteiger partial charge in [-0.1, -0.05) is 19.1 Å². The molecule has 0 radical (unpaired) electrons. The van der Waals surface area contributed by atoms with Gasteiger partial charge in [-0.3, -0.25) is 5.10 Å². The highest BCUT2D eigenvalue weighted by Crippen LogP contribution is 2.20. The predicted octanol–water partition coefficient (Wildman–Crippen LogP) is 3.09. The maximum Gasteiger partial charge on any atom is 0.204 e. The second-order valence-electron chi connectivity index (χ2n) is 4.95. The Balaban J connectivity index is 1.90. The summed E-state index contributed by atoms with van der Waals surface area (Å²) < 4.78 is 2.24. The Bertz CT molecular complexity index is 710. The summed E-state index contributed by atoms with van der Waals surface area (Å²) in [6.07, 6.45) is 2.94. The summed E-state index contributed by atoms with van der Waals surface area (Å²) in [5, 5.41) is 10.4. The van der Waals surface area contributed by atoms with Crippen molar-refractivity contribution in [3.05, 3.63) is 41.7 Å². The van der Waals surface area contributed by atoms with Gasteiger partial charge in [-0.15, -0.1) is 0 Å². The van der Waals surface area contributed by atoms with Gasteiger partial charge in [0.15, 0.2) is 0 Å². The highest BCUT2D eigenvalue weighted by molar-refractivity contribution is 5.78. The fourth-order valence-corrected chi connectivity index (χ4v) is 2.39. The topological polar surface area (TPSA) is 58.5 Å². The molecule has 5 heteroatoms. The first kappa shape index (κ1) is 12.7. The SMILES string of the molecule is CCCn1c(NCc2cn[nH]c2C)nc2ccccc21. The van der Waals surface area contributed by atoms with Gasteiger partial charge < -0.3 is 9.88 Å². The number of hydrogen-bond acceptors (Lipinski definition) is 3. The first-order valence-corrected chi connectivity index (χ1v) is 6.97. The number of fused-ring (bicyclic) bond motifs is 1. The van der Waals surface area contributed by atoms with E-state index in [0.29, 0.717) is 0 Å². The number of nitrogens with zero attached hydrogens (tertiary/aromatic N) is 3. The minimum Gasteiger partial charge on any atom is -0.351 e. The van der Waals surface area contributed by atoms with Crippen LogP contribution in [0.5, 0.6) is 0 Å². The minimum atomic E-state index is 0.732. The van der Waals surface area contributed by atoms with Crippen molar-refractivity contribution < 1.29 is 0 Å². The molecule has 0 amide bonds. The zero-order valence-electron chi connectivity index (χ0n) is 11.8. The number of para-hydroxylation sites is 2. The van der Waals surface area contributed by atoms with Crippen LogP contribution in [0, 0.1) is 6.92 Å². The van der Waals surface area contributed by atoms with Crippen LogP contribution >= 0.6 is 0 Å². The quantitative estimate of drug-likeness (QED) is 0.748. The van der Waals surface area contributed by atoms with Crippen molar-refractivity contribution in [1.82, 2.24) is 19.7 Å². The number of anilines is 1. The third-order valence-electron chi connectivity index (χ3n) is 3.47.